The molecule has 1 aliphatic heterocycles. The van der Waals surface area contributed by atoms with E-state index in [-0.39, 0.29) is 6.54 Å². The summed E-state index contributed by atoms with van der Waals surface area (Å²) in [5.74, 6) is 0.865. The second-order valence-electron chi connectivity index (χ2n) is 6.60. The molecular weight excluding hydrogens is 348 g/mol. The van der Waals surface area contributed by atoms with E-state index < -0.39 is 10.0 Å². The lowest BCUT2D eigenvalue weighted by atomic mass is 10.2. The Hall–Kier alpha value is -1.96. The van der Waals surface area contributed by atoms with Crippen LogP contribution in [0.1, 0.15) is 18.1 Å². The van der Waals surface area contributed by atoms with Gasteiger partial charge in [0.05, 0.1) is 4.90 Å². The number of anilines is 1. The zero-order valence-electron chi connectivity index (χ0n) is 15.4. The highest BCUT2D eigenvalue weighted by Gasteiger charge is 2.19. The monoisotopic (exact) mass is 374 g/mol. The van der Waals surface area contributed by atoms with Gasteiger partial charge in [-0.05, 0) is 37.2 Å². The highest BCUT2D eigenvalue weighted by atomic mass is 32.2. The molecule has 140 valence electrons. The van der Waals surface area contributed by atoms with E-state index in [4.69, 9.17) is 0 Å². The minimum absolute atomic E-state index is 0.230. The molecule has 0 radical (unpaired) electrons. The highest BCUT2D eigenvalue weighted by Crippen LogP contribution is 2.19. The van der Waals surface area contributed by atoms with E-state index in [1.807, 2.05) is 31.2 Å². The number of sulfonamides is 1. The normalized spacial score (nSPS) is 16.0. The number of nitrogens with one attached hydrogen (secondary N) is 1. The lowest BCUT2D eigenvalue weighted by Gasteiger charge is -2.34. The molecule has 0 bridgehead atoms. The fraction of sp³-hybridized carbons (Fsp3) is 0.421. The van der Waals surface area contributed by atoms with Gasteiger partial charge in [0.2, 0.25) is 10.0 Å². The molecular formula is C19H26N4O2S. The molecule has 1 aliphatic rings. The van der Waals surface area contributed by atoms with Gasteiger partial charge in [-0.3, -0.25) is 0 Å². The zero-order chi connectivity index (χ0) is 18.6. The molecule has 6 nitrogen and oxygen atoms in total. The first-order chi connectivity index (χ1) is 12.5. The van der Waals surface area contributed by atoms with E-state index >= 15 is 0 Å². The van der Waals surface area contributed by atoms with Crippen LogP contribution in [-0.4, -0.2) is 51.5 Å². The van der Waals surface area contributed by atoms with Gasteiger partial charge in [0.25, 0.3) is 0 Å². The molecule has 3 rings (SSSR count). The quantitative estimate of drug-likeness (QED) is 0.836. The number of rotatable bonds is 6. The van der Waals surface area contributed by atoms with Crippen molar-refractivity contribution in [2.24, 2.45) is 0 Å². The van der Waals surface area contributed by atoms with Crippen molar-refractivity contribution in [3.63, 3.8) is 0 Å². The van der Waals surface area contributed by atoms with Crippen molar-refractivity contribution >= 4 is 15.8 Å². The van der Waals surface area contributed by atoms with E-state index in [2.05, 4.69) is 26.6 Å². The number of hydrogen-bond acceptors (Lipinski definition) is 5. The van der Waals surface area contributed by atoms with Crippen LogP contribution in [0.4, 0.5) is 5.82 Å². The van der Waals surface area contributed by atoms with Gasteiger partial charge in [-0.15, -0.1) is 0 Å². The Kier molecular flexibility index (Phi) is 5.90. The predicted octanol–water partition coefficient (Wildman–Crippen LogP) is 1.87. The SMILES string of the molecule is CCc1ccc(S(=O)(=O)NCc2cccnc2N2CCN(C)CC2)cc1. The Morgan fingerprint density at radius 1 is 1.08 bits per heavy atom. The molecule has 0 aliphatic carbocycles. The summed E-state index contributed by atoms with van der Waals surface area (Å²) < 4.78 is 27.9. The van der Waals surface area contributed by atoms with Crippen LogP contribution in [0, 0.1) is 0 Å². The second-order valence-corrected chi connectivity index (χ2v) is 8.37. The summed E-state index contributed by atoms with van der Waals surface area (Å²) in [5, 5.41) is 0. The predicted molar refractivity (Wildman–Crippen MR) is 104 cm³/mol. The first kappa shape index (κ1) is 18.8. The van der Waals surface area contributed by atoms with E-state index in [9.17, 15) is 8.42 Å². The minimum atomic E-state index is -3.54. The molecule has 0 saturated carbocycles. The molecule has 0 amide bonds. The van der Waals surface area contributed by atoms with Gasteiger partial charge < -0.3 is 9.80 Å². The fourth-order valence-electron chi connectivity index (χ4n) is 3.03. The molecule has 1 aromatic heterocycles. The van der Waals surface area contributed by atoms with Gasteiger partial charge in [-0.2, -0.15) is 0 Å². The zero-order valence-corrected chi connectivity index (χ0v) is 16.2. The third kappa shape index (κ3) is 4.41. The topological polar surface area (TPSA) is 65.5 Å². The van der Waals surface area contributed by atoms with Crippen LogP contribution in [0.2, 0.25) is 0 Å². The van der Waals surface area contributed by atoms with Crippen molar-refractivity contribution in [1.29, 1.82) is 0 Å². The maximum atomic E-state index is 12.6. The number of aryl methyl sites for hydroxylation is 1. The molecule has 0 unspecified atom stereocenters. The van der Waals surface area contributed by atoms with Gasteiger partial charge in [-0.25, -0.2) is 18.1 Å². The summed E-state index contributed by atoms with van der Waals surface area (Å²) in [5.41, 5.74) is 2.01. The third-order valence-corrected chi connectivity index (χ3v) is 6.18. The van der Waals surface area contributed by atoms with Crippen molar-refractivity contribution in [3.8, 4) is 0 Å². The third-order valence-electron chi connectivity index (χ3n) is 4.76. The average Bonchev–Trinajstić information content (AvgIpc) is 2.67. The molecule has 2 heterocycles. The standard InChI is InChI=1S/C19H26N4O2S/c1-3-16-6-8-18(9-7-16)26(24,25)21-15-17-5-4-10-20-19(17)23-13-11-22(2)12-14-23/h4-10,21H,3,11-15H2,1-2H3. The molecule has 7 heteroatoms. The lowest BCUT2D eigenvalue weighted by Crippen LogP contribution is -2.45. The number of aromatic nitrogens is 1. The molecule has 0 spiro atoms. The van der Waals surface area contributed by atoms with E-state index in [1.54, 1.807) is 18.3 Å². The molecule has 1 saturated heterocycles. The molecule has 26 heavy (non-hydrogen) atoms. The second kappa shape index (κ2) is 8.16. The minimum Gasteiger partial charge on any atom is -0.354 e. The molecule has 1 N–H and O–H groups in total. The van der Waals surface area contributed by atoms with Gasteiger partial charge in [0.1, 0.15) is 5.82 Å². The average molecular weight is 375 g/mol. The van der Waals surface area contributed by atoms with Crippen LogP contribution in [0.25, 0.3) is 0 Å². The Morgan fingerprint density at radius 2 is 1.77 bits per heavy atom. The van der Waals surface area contributed by atoms with Gasteiger partial charge >= 0.3 is 0 Å². The van der Waals surface area contributed by atoms with Gasteiger partial charge in [0, 0.05) is 44.5 Å². The summed E-state index contributed by atoms with van der Waals surface area (Å²) >= 11 is 0. The van der Waals surface area contributed by atoms with Crippen LogP contribution >= 0.6 is 0 Å². The summed E-state index contributed by atoms with van der Waals surface area (Å²) in [4.78, 5) is 9.29. The smallest absolute Gasteiger partial charge is 0.240 e. The maximum Gasteiger partial charge on any atom is 0.240 e. The number of hydrogen-bond donors (Lipinski definition) is 1. The number of piperazine rings is 1. The van der Waals surface area contributed by atoms with Crippen molar-refractivity contribution in [2.75, 3.05) is 38.1 Å². The molecule has 1 fully saturated rings. The van der Waals surface area contributed by atoms with Gasteiger partial charge in [0.15, 0.2) is 0 Å². The maximum absolute atomic E-state index is 12.6. The lowest BCUT2D eigenvalue weighted by molar-refractivity contribution is 0.312. The number of nitrogens with zero attached hydrogens (tertiary/aromatic N) is 3. The van der Waals surface area contributed by atoms with Crippen LogP contribution < -0.4 is 9.62 Å². The fourth-order valence-corrected chi connectivity index (χ4v) is 4.04. The number of benzene rings is 1. The number of likely N-dealkylation sites (N-methyl/N-ethyl adjacent to an activating group) is 1. The van der Waals surface area contributed by atoms with Crippen molar-refractivity contribution in [2.45, 2.75) is 24.8 Å². The molecule has 2 aromatic rings. The van der Waals surface area contributed by atoms with E-state index in [0.717, 1.165) is 49.5 Å². The van der Waals surface area contributed by atoms with Gasteiger partial charge in [-0.1, -0.05) is 25.1 Å². The van der Waals surface area contributed by atoms with Crippen molar-refractivity contribution in [1.82, 2.24) is 14.6 Å². The molecule has 0 atom stereocenters. The van der Waals surface area contributed by atoms with Crippen LogP contribution in [0.3, 0.4) is 0 Å². The van der Waals surface area contributed by atoms with Crippen LogP contribution in [0.15, 0.2) is 47.5 Å². The Bertz CT molecular complexity index is 829. The highest BCUT2D eigenvalue weighted by molar-refractivity contribution is 7.89. The van der Waals surface area contributed by atoms with E-state index in [1.165, 1.54) is 0 Å². The summed E-state index contributed by atoms with van der Waals surface area (Å²) in [6.07, 6.45) is 2.65. The Morgan fingerprint density at radius 3 is 2.42 bits per heavy atom. The first-order valence-corrected chi connectivity index (χ1v) is 10.4. The summed E-state index contributed by atoms with van der Waals surface area (Å²) in [7, 11) is -1.44. The Labute approximate surface area is 155 Å². The van der Waals surface area contributed by atoms with Crippen LogP contribution in [0.5, 0.6) is 0 Å². The summed E-state index contributed by atoms with van der Waals surface area (Å²) in [6, 6.07) is 10.8. The van der Waals surface area contributed by atoms with E-state index in [0.29, 0.717) is 4.90 Å². The largest absolute Gasteiger partial charge is 0.354 e. The number of pyridine rings is 1. The van der Waals surface area contributed by atoms with Crippen LogP contribution in [-0.2, 0) is 23.0 Å². The van der Waals surface area contributed by atoms with Crippen molar-refractivity contribution < 1.29 is 8.42 Å². The summed E-state index contributed by atoms with van der Waals surface area (Å²) in [6.45, 7) is 6.02. The molecule has 1 aromatic carbocycles. The van der Waals surface area contributed by atoms with Crippen molar-refractivity contribution in [3.05, 3.63) is 53.7 Å². The Balaban J connectivity index is 1.73. The first-order valence-electron chi connectivity index (χ1n) is 8.95.